The number of rotatable bonds is 10. The molecule has 29 heavy (non-hydrogen) atoms. The van der Waals surface area contributed by atoms with Crippen LogP contribution in [0.25, 0.3) is 10.9 Å². The predicted octanol–water partition coefficient (Wildman–Crippen LogP) is 5.56. The highest BCUT2D eigenvalue weighted by Gasteiger charge is 2.29. The first-order valence-electron chi connectivity index (χ1n) is 9.70. The van der Waals surface area contributed by atoms with Gasteiger partial charge >= 0.3 is 5.97 Å². The van der Waals surface area contributed by atoms with Crippen LogP contribution in [0.2, 0.25) is 0 Å². The third-order valence-corrected chi connectivity index (χ3v) is 5.21. The van der Waals surface area contributed by atoms with Gasteiger partial charge in [0.05, 0.1) is 12.0 Å². The molecule has 1 aromatic heterocycles. The number of aromatic nitrogens is 1. The zero-order chi connectivity index (χ0) is 20.9. The van der Waals surface area contributed by atoms with E-state index in [-0.39, 0.29) is 0 Å². The van der Waals surface area contributed by atoms with Gasteiger partial charge in [0, 0.05) is 29.9 Å². The molecule has 0 amide bonds. The summed E-state index contributed by atoms with van der Waals surface area (Å²) in [4.78, 5) is 11.2. The predicted molar refractivity (Wildman–Crippen MR) is 118 cm³/mol. The summed E-state index contributed by atoms with van der Waals surface area (Å²) in [5.74, 6) is 0.471. The lowest BCUT2D eigenvalue weighted by Gasteiger charge is -2.21. The molecule has 0 bridgehead atoms. The van der Waals surface area contributed by atoms with Gasteiger partial charge in [-0.2, -0.15) is 0 Å². The standard InChI is InChI=1S/C23H27NO4S/c1-23(2,22(25)26)27-19-9-7-17(8-10-19)6-4-5-14-24-15-13-18-16-20(28-29-3)11-12-21(18)24/h7-13,15-16H,4-6,14H2,1-3H3,(H,25,26). The van der Waals surface area contributed by atoms with E-state index in [1.807, 2.05) is 36.6 Å². The average Bonchev–Trinajstić information content (AvgIpc) is 3.09. The topological polar surface area (TPSA) is 60.7 Å². The summed E-state index contributed by atoms with van der Waals surface area (Å²) in [6, 6.07) is 16.0. The quantitative estimate of drug-likeness (QED) is 0.348. The first kappa shape index (κ1) is 21.1. The third-order valence-electron chi connectivity index (χ3n) is 4.85. The van der Waals surface area contributed by atoms with Gasteiger partial charge in [0.1, 0.15) is 11.5 Å². The molecule has 1 heterocycles. The van der Waals surface area contributed by atoms with Gasteiger partial charge in [0.15, 0.2) is 5.60 Å². The lowest BCUT2D eigenvalue weighted by Crippen LogP contribution is -2.37. The zero-order valence-electron chi connectivity index (χ0n) is 17.1. The van der Waals surface area contributed by atoms with E-state index in [0.717, 1.165) is 31.6 Å². The largest absolute Gasteiger partial charge is 0.478 e. The van der Waals surface area contributed by atoms with Gasteiger partial charge in [-0.3, -0.25) is 0 Å². The van der Waals surface area contributed by atoms with Crippen LogP contribution in [0.4, 0.5) is 0 Å². The van der Waals surface area contributed by atoms with Gasteiger partial charge in [-0.25, -0.2) is 4.79 Å². The van der Waals surface area contributed by atoms with E-state index < -0.39 is 11.6 Å². The summed E-state index contributed by atoms with van der Waals surface area (Å²) in [6.45, 7) is 4.07. The summed E-state index contributed by atoms with van der Waals surface area (Å²) in [6.07, 6.45) is 7.18. The zero-order valence-corrected chi connectivity index (χ0v) is 17.9. The Hall–Kier alpha value is -2.60. The summed E-state index contributed by atoms with van der Waals surface area (Å²) in [5, 5.41) is 10.3. The Balaban J connectivity index is 1.49. The minimum Gasteiger partial charge on any atom is -0.478 e. The summed E-state index contributed by atoms with van der Waals surface area (Å²) in [5.41, 5.74) is 1.21. The highest BCUT2D eigenvalue weighted by molar-refractivity contribution is 7.94. The van der Waals surface area contributed by atoms with Crippen molar-refractivity contribution >= 4 is 28.9 Å². The number of carboxylic acids is 1. The fraction of sp³-hybridized carbons (Fsp3) is 0.348. The molecular formula is C23H27NO4S. The van der Waals surface area contributed by atoms with Crippen LogP contribution in [-0.2, 0) is 17.8 Å². The van der Waals surface area contributed by atoms with Crippen molar-refractivity contribution in [3.05, 3.63) is 60.3 Å². The summed E-state index contributed by atoms with van der Waals surface area (Å²) >= 11 is 1.35. The van der Waals surface area contributed by atoms with Crippen LogP contribution in [0, 0.1) is 0 Å². The molecule has 0 saturated carbocycles. The van der Waals surface area contributed by atoms with Crippen molar-refractivity contribution in [1.29, 1.82) is 0 Å². The van der Waals surface area contributed by atoms with E-state index in [1.54, 1.807) is 13.8 Å². The molecule has 154 valence electrons. The van der Waals surface area contributed by atoms with E-state index >= 15 is 0 Å². The van der Waals surface area contributed by atoms with E-state index in [9.17, 15) is 4.79 Å². The molecule has 0 atom stereocenters. The van der Waals surface area contributed by atoms with Crippen LogP contribution in [-0.4, -0.2) is 27.5 Å². The molecule has 0 unspecified atom stereocenters. The van der Waals surface area contributed by atoms with Gasteiger partial charge in [0.2, 0.25) is 0 Å². The first-order valence-corrected chi connectivity index (χ1v) is 10.8. The number of aliphatic carboxylic acids is 1. The number of fused-ring (bicyclic) bond motifs is 1. The molecule has 3 aromatic rings. The molecular weight excluding hydrogens is 386 g/mol. The third kappa shape index (κ3) is 5.48. The second-order valence-electron chi connectivity index (χ2n) is 7.50. The van der Waals surface area contributed by atoms with Gasteiger partial charge < -0.3 is 18.6 Å². The Morgan fingerprint density at radius 2 is 1.79 bits per heavy atom. The average molecular weight is 414 g/mol. The highest BCUT2D eigenvalue weighted by atomic mass is 32.2. The lowest BCUT2D eigenvalue weighted by molar-refractivity contribution is -0.152. The van der Waals surface area contributed by atoms with Crippen molar-refractivity contribution in [2.75, 3.05) is 6.26 Å². The molecule has 1 N–H and O–H groups in total. The molecule has 0 radical (unpaired) electrons. The fourth-order valence-electron chi connectivity index (χ4n) is 3.19. The highest BCUT2D eigenvalue weighted by Crippen LogP contribution is 2.24. The van der Waals surface area contributed by atoms with Crippen LogP contribution < -0.4 is 8.92 Å². The Bertz CT molecular complexity index is 963. The van der Waals surface area contributed by atoms with Gasteiger partial charge in [-0.05, 0) is 75.1 Å². The van der Waals surface area contributed by atoms with Crippen LogP contribution >= 0.6 is 12.0 Å². The SMILES string of the molecule is CSOc1ccc2c(ccn2CCCCc2ccc(OC(C)(C)C(=O)O)cc2)c1. The Labute approximate surface area is 175 Å². The maximum Gasteiger partial charge on any atom is 0.347 e. The van der Waals surface area contributed by atoms with Gasteiger partial charge in [0.25, 0.3) is 0 Å². The number of unbranched alkanes of at least 4 members (excludes halogenated alkanes) is 1. The minimum absolute atomic E-state index is 0.574. The van der Waals surface area contributed by atoms with Crippen LogP contribution in [0.3, 0.4) is 0 Å². The number of ether oxygens (including phenoxy) is 1. The monoisotopic (exact) mass is 413 g/mol. The lowest BCUT2D eigenvalue weighted by atomic mass is 10.1. The number of carboxylic acid groups (broad SMARTS) is 1. The molecule has 0 aliphatic carbocycles. The van der Waals surface area contributed by atoms with Crippen molar-refractivity contribution in [1.82, 2.24) is 4.57 Å². The molecule has 0 fully saturated rings. The van der Waals surface area contributed by atoms with E-state index in [1.165, 1.54) is 28.5 Å². The van der Waals surface area contributed by atoms with E-state index in [2.05, 4.69) is 29.0 Å². The van der Waals surface area contributed by atoms with Crippen molar-refractivity contribution in [2.45, 2.75) is 45.3 Å². The number of hydrogen-bond donors (Lipinski definition) is 1. The Morgan fingerprint density at radius 3 is 2.48 bits per heavy atom. The second-order valence-corrected chi connectivity index (χ2v) is 8.00. The number of carbonyl (C=O) groups is 1. The van der Waals surface area contributed by atoms with Crippen molar-refractivity contribution < 1.29 is 18.8 Å². The number of nitrogens with zero attached hydrogens (tertiary/aromatic N) is 1. The second kappa shape index (κ2) is 9.27. The fourth-order valence-corrected chi connectivity index (χ4v) is 3.49. The number of aryl methyl sites for hydroxylation is 2. The molecule has 0 saturated heterocycles. The van der Waals surface area contributed by atoms with E-state index in [0.29, 0.717) is 5.75 Å². The van der Waals surface area contributed by atoms with Crippen molar-refractivity contribution in [3.63, 3.8) is 0 Å². The normalized spacial score (nSPS) is 11.6. The molecule has 5 nitrogen and oxygen atoms in total. The van der Waals surface area contributed by atoms with Gasteiger partial charge in [-0.1, -0.05) is 12.1 Å². The minimum atomic E-state index is -1.23. The van der Waals surface area contributed by atoms with Gasteiger partial charge in [-0.15, -0.1) is 0 Å². The number of hydrogen-bond acceptors (Lipinski definition) is 4. The first-order chi connectivity index (χ1) is 13.9. The summed E-state index contributed by atoms with van der Waals surface area (Å²) < 4.78 is 13.3. The van der Waals surface area contributed by atoms with Crippen molar-refractivity contribution in [3.8, 4) is 11.5 Å². The molecule has 3 rings (SSSR count). The molecule has 0 spiro atoms. The van der Waals surface area contributed by atoms with Crippen LogP contribution in [0.1, 0.15) is 32.3 Å². The molecule has 6 heteroatoms. The maximum atomic E-state index is 11.2. The smallest absolute Gasteiger partial charge is 0.347 e. The summed E-state index contributed by atoms with van der Waals surface area (Å²) in [7, 11) is 0. The Morgan fingerprint density at radius 1 is 1.07 bits per heavy atom. The molecule has 2 aromatic carbocycles. The van der Waals surface area contributed by atoms with E-state index in [4.69, 9.17) is 14.0 Å². The molecule has 0 aliphatic rings. The van der Waals surface area contributed by atoms with Crippen LogP contribution in [0.5, 0.6) is 11.5 Å². The number of benzene rings is 2. The Kier molecular flexibility index (Phi) is 6.75. The van der Waals surface area contributed by atoms with Crippen LogP contribution in [0.15, 0.2) is 54.7 Å². The molecule has 0 aliphatic heterocycles. The van der Waals surface area contributed by atoms with Crippen molar-refractivity contribution in [2.24, 2.45) is 0 Å². The maximum absolute atomic E-state index is 11.2.